The Morgan fingerprint density at radius 3 is 2.15 bits per heavy atom. The third-order valence-corrected chi connectivity index (χ3v) is 5.83. The van der Waals surface area contributed by atoms with Gasteiger partial charge < -0.3 is 15.0 Å². The molecule has 0 spiro atoms. The van der Waals surface area contributed by atoms with Crippen molar-refractivity contribution in [2.45, 2.75) is 6.04 Å². The van der Waals surface area contributed by atoms with E-state index in [9.17, 15) is 14.0 Å². The second-order valence-electron chi connectivity index (χ2n) is 7.84. The van der Waals surface area contributed by atoms with Gasteiger partial charge in [0.2, 0.25) is 0 Å². The van der Waals surface area contributed by atoms with Crippen molar-refractivity contribution in [2.24, 2.45) is 0 Å². The molecule has 170 valence electrons. The normalized spacial score (nSPS) is 15.0. The number of rotatable bonds is 6. The first-order chi connectivity index (χ1) is 16.1. The van der Waals surface area contributed by atoms with Gasteiger partial charge in [0.25, 0.3) is 5.91 Å². The Morgan fingerprint density at radius 1 is 0.879 bits per heavy atom. The Hall–Kier alpha value is -3.71. The number of hydrogen-bond donors (Lipinski definition) is 1. The number of esters is 1. The third kappa shape index (κ3) is 5.21. The highest BCUT2D eigenvalue weighted by Crippen LogP contribution is 2.26. The molecule has 1 fully saturated rings. The fourth-order valence-electron chi connectivity index (χ4n) is 4.08. The highest BCUT2D eigenvalue weighted by Gasteiger charge is 2.31. The largest absolute Gasteiger partial charge is 0.468 e. The van der Waals surface area contributed by atoms with Crippen LogP contribution in [0.1, 0.15) is 22.0 Å². The van der Waals surface area contributed by atoms with Gasteiger partial charge in [-0.05, 0) is 42.0 Å². The Bertz CT molecular complexity index is 1100. The number of carbonyl (C=O) groups excluding carboxylic acids is 2. The topological polar surface area (TPSA) is 61.9 Å². The average Bonchev–Trinajstić information content (AvgIpc) is 2.86. The van der Waals surface area contributed by atoms with Crippen LogP contribution in [0.3, 0.4) is 0 Å². The van der Waals surface area contributed by atoms with Crippen LogP contribution < -0.4 is 10.2 Å². The second-order valence-corrected chi connectivity index (χ2v) is 7.84. The van der Waals surface area contributed by atoms with E-state index in [-0.39, 0.29) is 11.5 Å². The van der Waals surface area contributed by atoms with E-state index in [4.69, 9.17) is 4.74 Å². The van der Waals surface area contributed by atoms with Gasteiger partial charge >= 0.3 is 5.97 Å². The van der Waals surface area contributed by atoms with Gasteiger partial charge in [0.05, 0.1) is 12.7 Å². The summed E-state index contributed by atoms with van der Waals surface area (Å²) in [4.78, 5) is 29.2. The molecule has 0 aliphatic carbocycles. The van der Waals surface area contributed by atoms with Gasteiger partial charge in [-0.2, -0.15) is 0 Å². The van der Waals surface area contributed by atoms with Crippen LogP contribution in [-0.4, -0.2) is 50.1 Å². The van der Waals surface area contributed by atoms with E-state index in [1.807, 2.05) is 54.6 Å². The zero-order valence-corrected chi connectivity index (χ0v) is 18.4. The van der Waals surface area contributed by atoms with E-state index in [0.717, 1.165) is 24.3 Å². The Balaban J connectivity index is 1.38. The van der Waals surface area contributed by atoms with E-state index in [0.29, 0.717) is 18.8 Å². The Morgan fingerprint density at radius 2 is 1.52 bits per heavy atom. The molecule has 7 heteroatoms. The summed E-state index contributed by atoms with van der Waals surface area (Å²) >= 11 is 0. The summed E-state index contributed by atoms with van der Waals surface area (Å²) in [5.74, 6) is -1.29. The van der Waals surface area contributed by atoms with Crippen LogP contribution in [0.15, 0.2) is 78.9 Å². The summed E-state index contributed by atoms with van der Waals surface area (Å²) in [6, 6.07) is 22.6. The van der Waals surface area contributed by atoms with Crippen LogP contribution in [-0.2, 0) is 9.53 Å². The van der Waals surface area contributed by atoms with Crippen molar-refractivity contribution in [1.29, 1.82) is 0 Å². The SMILES string of the molecule is COC(=O)C(c1ccccc1)N1CCN(c2ccc(NC(=O)c3ccccc3F)cc2)CC1. The van der Waals surface area contributed by atoms with Gasteiger partial charge in [0, 0.05) is 37.6 Å². The molecule has 0 bridgehead atoms. The van der Waals surface area contributed by atoms with E-state index >= 15 is 0 Å². The number of nitrogens with zero attached hydrogens (tertiary/aromatic N) is 2. The first-order valence-electron chi connectivity index (χ1n) is 10.8. The number of hydrogen-bond acceptors (Lipinski definition) is 5. The molecule has 0 saturated carbocycles. The van der Waals surface area contributed by atoms with Crippen molar-refractivity contribution in [3.8, 4) is 0 Å². The van der Waals surface area contributed by atoms with Gasteiger partial charge in [-0.3, -0.25) is 9.69 Å². The van der Waals surface area contributed by atoms with Crippen LogP contribution in [0.25, 0.3) is 0 Å². The van der Waals surface area contributed by atoms with Gasteiger partial charge in [-0.25, -0.2) is 9.18 Å². The first kappa shape index (κ1) is 22.5. The van der Waals surface area contributed by atoms with Crippen molar-refractivity contribution in [2.75, 3.05) is 43.5 Å². The molecule has 1 aliphatic rings. The van der Waals surface area contributed by atoms with Gasteiger partial charge in [0.15, 0.2) is 0 Å². The number of anilines is 2. The summed E-state index contributed by atoms with van der Waals surface area (Å²) in [6.45, 7) is 2.92. The molecule has 3 aromatic rings. The van der Waals surface area contributed by atoms with Gasteiger partial charge in [-0.1, -0.05) is 42.5 Å². The summed E-state index contributed by atoms with van der Waals surface area (Å²) < 4.78 is 18.9. The maximum atomic E-state index is 13.8. The highest BCUT2D eigenvalue weighted by atomic mass is 19.1. The molecule has 1 saturated heterocycles. The lowest BCUT2D eigenvalue weighted by Gasteiger charge is -2.39. The summed E-state index contributed by atoms with van der Waals surface area (Å²) in [6.07, 6.45) is 0. The molecule has 1 unspecified atom stereocenters. The first-order valence-corrected chi connectivity index (χ1v) is 10.8. The monoisotopic (exact) mass is 447 g/mol. The molecule has 1 amide bonds. The predicted octanol–water partition coefficient (Wildman–Crippen LogP) is 4.11. The minimum atomic E-state index is -0.551. The minimum Gasteiger partial charge on any atom is -0.468 e. The summed E-state index contributed by atoms with van der Waals surface area (Å²) in [7, 11) is 1.42. The minimum absolute atomic E-state index is 0.0104. The van der Waals surface area contributed by atoms with Crippen molar-refractivity contribution < 1.29 is 18.7 Å². The Kier molecular flexibility index (Phi) is 7.00. The molecule has 1 N–H and O–H groups in total. The molecule has 0 aromatic heterocycles. The number of amides is 1. The number of benzene rings is 3. The van der Waals surface area contributed by atoms with Crippen molar-refractivity contribution in [3.05, 3.63) is 95.8 Å². The quantitative estimate of drug-likeness (QED) is 0.576. The molecular formula is C26H26FN3O3. The molecule has 6 nitrogen and oxygen atoms in total. The molecular weight excluding hydrogens is 421 g/mol. The lowest BCUT2D eigenvalue weighted by Crippen LogP contribution is -2.49. The van der Waals surface area contributed by atoms with Gasteiger partial charge in [0.1, 0.15) is 11.9 Å². The van der Waals surface area contributed by atoms with Crippen LogP contribution in [0, 0.1) is 5.82 Å². The smallest absolute Gasteiger partial charge is 0.327 e. The standard InChI is InChI=1S/C26H26FN3O3/c1-33-26(32)24(19-7-3-2-4-8-19)30-17-15-29(16-18-30)21-13-11-20(12-14-21)28-25(31)22-9-5-6-10-23(22)27/h2-14,24H,15-18H2,1H3,(H,28,31). The maximum Gasteiger partial charge on any atom is 0.327 e. The van der Waals surface area contributed by atoms with Crippen LogP contribution in [0.5, 0.6) is 0 Å². The van der Waals surface area contributed by atoms with Crippen molar-refractivity contribution >= 4 is 23.3 Å². The molecule has 33 heavy (non-hydrogen) atoms. The summed E-state index contributed by atoms with van der Waals surface area (Å²) in [5, 5.41) is 2.73. The predicted molar refractivity (Wildman–Crippen MR) is 126 cm³/mol. The number of methoxy groups -OCH3 is 1. The van der Waals surface area contributed by atoms with Crippen LogP contribution in [0.4, 0.5) is 15.8 Å². The molecule has 4 rings (SSSR count). The highest BCUT2D eigenvalue weighted by molar-refractivity contribution is 6.04. The average molecular weight is 448 g/mol. The molecule has 3 aromatic carbocycles. The van der Waals surface area contributed by atoms with Gasteiger partial charge in [-0.15, -0.1) is 0 Å². The molecule has 0 radical (unpaired) electrons. The number of piperazine rings is 1. The third-order valence-electron chi connectivity index (χ3n) is 5.83. The zero-order chi connectivity index (χ0) is 23.2. The molecule has 1 atom stereocenters. The fourth-order valence-corrected chi connectivity index (χ4v) is 4.08. The van der Waals surface area contributed by atoms with E-state index < -0.39 is 17.8 Å². The zero-order valence-electron chi connectivity index (χ0n) is 18.4. The van der Waals surface area contributed by atoms with E-state index in [1.54, 1.807) is 12.1 Å². The van der Waals surface area contributed by atoms with Crippen LogP contribution in [0.2, 0.25) is 0 Å². The second kappa shape index (κ2) is 10.3. The summed E-state index contributed by atoms with van der Waals surface area (Å²) in [5.41, 5.74) is 2.55. The molecule has 1 aliphatic heterocycles. The number of carbonyl (C=O) groups is 2. The van der Waals surface area contributed by atoms with E-state index in [2.05, 4.69) is 15.1 Å². The maximum absolute atomic E-state index is 13.8. The molecule has 1 heterocycles. The van der Waals surface area contributed by atoms with Crippen molar-refractivity contribution in [3.63, 3.8) is 0 Å². The number of nitrogens with one attached hydrogen (secondary N) is 1. The lowest BCUT2D eigenvalue weighted by molar-refractivity contribution is -0.147. The van der Waals surface area contributed by atoms with Crippen molar-refractivity contribution in [1.82, 2.24) is 4.90 Å². The fraction of sp³-hybridized carbons (Fsp3) is 0.231. The lowest BCUT2D eigenvalue weighted by atomic mass is 10.0. The Labute approximate surface area is 192 Å². The van der Waals surface area contributed by atoms with Crippen LogP contribution >= 0.6 is 0 Å². The number of halogens is 1. The number of ether oxygens (including phenoxy) is 1. The van der Waals surface area contributed by atoms with E-state index in [1.165, 1.54) is 19.2 Å².